The lowest BCUT2D eigenvalue weighted by Crippen LogP contribution is -3.00. The number of terminal acetylenes is 1. The zero-order chi connectivity index (χ0) is 20.5. The van der Waals surface area contributed by atoms with Gasteiger partial charge in [-0.3, -0.25) is 4.48 Å². The number of halogens is 2. The molecule has 0 radical (unpaired) electrons. The Morgan fingerprint density at radius 1 is 0.793 bits per heavy atom. The number of nitrogens with zero attached hydrogens (tertiary/aromatic N) is 1. The maximum absolute atomic E-state index is 5.98. The van der Waals surface area contributed by atoms with Crippen LogP contribution in [0.4, 0.5) is 0 Å². The fraction of sp³-hybridized carbons (Fsp3) is 0.692. The Bertz CT molecular complexity index is 509. The molecule has 1 nitrogen and oxygen atoms in total. The summed E-state index contributed by atoms with van der Waals surface area (Å²) < 4.78 is 1.31. The molecule has 0 N–H and O–H groups in total. The fourth-order valence-electron chi connectivity index (χ4n) is 4.10. The molecule has 0 heterocycles. The van der Waals surface area contributed by atoms with Crippen molar-refractivity contribution in [1.82, 2.24) is 0 Å². The lowest BCUT2D eigenvalue weighted by atomic mass is 10.1. The molecule has 3 heteroatoms. The number of benzene rings is 1. The number of hydrogen-bond acceptors (Lipinski definition) is 0. The highest BCUT2D eigenvalue weighted by molar-refractivity contribution is 14.1. The van der Waals surface area contributed by atoms with Gasteiger partial charge < -0.3 is 12.4 Å². The van der Waals surface area contributed by atoms with Gasteiger partial charge in [0.25, 0.3) is 0 Å². The Balaban J connectivity index is 0.00000784. The van der Waals surface area contributed by atoms with Crippen LogP contribution in [0.2, 0.25) is 0 Å². The Kier molecular flexibility index (Phi) is 18.4. The van der Waals surface area contributed by atoms with Crippen LogP contribution in [0.3, 0.4) is 0 Å². The van der Waals surface area contributed by atoms with Gasteiger partial charge in [0.05, 0.1) is 13.1 Å². The van der Waals surface area contributed by atoms with Crippen LogP contribution in [0.15, 0.2) is 30.3 Å². The van der Waals surface area contributed by atoms with Crippen LogP contribution in [-0.2, 0) is 6.54 Å². The largest absolute Gasteiger partial charge is 1.00 e. The molecule has 0 aliphatic carbocycles. The first kappa shape index (κ1) is 28.8. The maximum atomic E-state index is 5.98. The second-order valence-corrected chi connectivity index (χ2v) is 9.53. The summed E-state index contributed by atoms with van der Waals surface area (Å²) in [6, 6.07) is 11.0. The van der Waals surface area contributed by atoms with Crippen LogP contribution < -0.4 is 12.4 Å². The number of alkyl halides is 1. The molecule has 29 heavy (non-hydrogen) atoms. The van der Waals surface area contributed by atoms with Gasteiger partial charge in [-0.15, -0.1) is 6.42 Å². The van der Waals surface area contributed by atoms with Gasteiger partial charge in [0.1, 0.15) is 6.54 Å². The third-order valence-corrected chi connectivity index (χ3v) is 7.41. The van der Waals surface area contributed by atoms with Crippen LogP contribution in [0.1, 0.15) is 96.5 Å². The van der Waals surface area contributed by atoms with Gasteiger partial charge in [0.2, 0.25) is 4.05 Å². The molecular weight excluding hydrogens is 489 g/mol. The minimum atomic E-state index is 0. The standard InChI is InChI=1S/C26H43IN.ClH/c1-4-7-9-11-13-18-22-28(26(27)6-3,23-19-14-12-10-8-5-2)24-25-20-16-15-17-21-25;/h3,15-17,20-21,26H,4-5,7-14,18-19,22-24H2,1-2H3;1H/q+1;/p-1. The van der Waals surface area contributed by atoms with E-state index in [9.17, 15) is 0 Å². The summed E-state index contributed by atoms with van der Waals surface area (Å²) in [4.78, 5) is 0. The van der Waals surface area contributed by atoms with E-state index in [0.29, 0.717) is 0 Å². The Labute approximate surface area is 201 Å². The van der Waals surface area contributed by atoms with Crippen molar-refractivity contribution in [3.8, 4) is 12.3 Å². The Morgan fingerprint density at radius 2 is 1.24 bits per heavy atom. The van der Waals surface area contributed by atoms with Crippen molar-refractivity contribution in [3.63, 3.8) is 0 Å². The molecule has 1 aromatic carbocycles. The zero-order valence-electron chi connectivity index (χ0n) is 18.9. The minimum Gasteiger partial charge on any atom is -1.00 e. The molecule has 1 rings (SSSR count). The molecule has 0 bridgehead atoms. The molecule has 0 aromatic heterocycles. The van der Waals surface area contributed by atoms with E-state index >= 15 is 0 Å². The first-order chi connectivity index (χ1) is 13.7. The summed E-state index contributed by atoms with van der Waals surface area (Å²) in [6.45, 7) is 8.08. The number of rotatable bonds is 17. The molecule has 0 saturated carbocycles. The quantitative estimate of drug-likeness (QED) is 0.0653. The van der Waals surface area contributed by atoms with Crippen LogP contribution in [-0.4, -0.2) is 21.6 Å². The zero-order valence-corrected chi connectivity index (χ0v) is 21.8. The summed E-state index contributed by atoms with van der Waals surface area (Å²) in [5.74, 6) is 3.11. The minimum absolute atomic E-state index is 0. The molecule has 1 unspecified atom stereocenters. The topological polar surface area (TPSA) is 0 Å². The smallest absolute Gasteiger partial charge is 0.200 e. The van der Waals surface area contributed by atoms with Crippen LogP contribution in [0.5, 0.6) is 0 Å². The van der Waals surface area contributed by atoms with E-state index in [2.05, 4.69) is 72.7 Å². The fourth-order valence-corrected chi connectivity index (χ4v) is 4.85. The second-order valence-electron chi connectivity index (χ2n) is 8.35. The van der Waals surface area contributed by atoms with Gasteiger partial charge in [0.15, 0.2) is 0 Å². The highest BCUT2D eigenvalue weighted by atomic mass is 127. The molecule has 1 aromatic rings. The summed E-state index contributed by atoms with van der Waals surface area (Å²) in [5, 5.41) is 0. The van der Waals surface area contributed by atoms with E-state index in [1.807, 2.05) is 0 Å². The van der Waals surface area contributed by atoms with Gasteiger partial charge in [-0.2, -0.15) is 0 Å². The van der Waals surface area contributed by atoms with Crippen LogP contribution >= 0.6 is 22.6 Å². The normalized spacial score (nSPS) is 12.2. The highest BCUT2D eigenvalue weighted by Crippen LogP contribution is 2.27. The Morgan fingerprint density at radius 3 is 1.69 bits per heavy atom. The Hall–Kier alpha value is -0.240. The molecule has 0 spiro atoms. The van der Waals surface area contributed by atoms with Gasteiger partial charge in [-0.25, -0.2) is 0 Å². The third kappa shape index (κ3) is 12.3. The van der Waals surface area contributed by atoms with Gasteiger partial charge in [-0.1, -0.05) is 95.5 Å². The monoisotopic (exact) mass is 531 g/mol. The average Bonchev–Trinajstić information content (AvgIpc) is 2.73. The van der Waals surface area contributed by atoms with Gasteiger partial charge in [0, 0.05) is 28.2 Å². The van der Waals surface area contributed by atoms with E-state index in [-0.39, 0.29) is 16.5 Å². The third-order valence-electron chi connectivity index (χ3n) is 5.87. The van der Waals surface area contributed by atoms with Crippen molar-refractivity contribution in [2.75, 3.05) is 13.1 Å². The summed E-state index contributed by atoms with van der Waals surface area (Å²) in [6.07, 6.45) is 22.2. The maximum Gasteiger partial charge on any atom is 0.200 e. The predicted octanol–water partition coefficient (Wildman–Crippen LogP) is 5.12. The van der Waals surface area contributed by atoms with E-state index < -0.39 is 0 Å². The van der Waals surface area contributed by atoms with E-state index in [4.69, 9.17) is 6.42 Å². The van der Waals surface area contributed by atoms with E-state index in [1.165, 1.54) is 95.7 Å². The molecular formula is C26H43ClIN. The van der Waals surface area contributed by atoms with E-state index in [0.717, 1.165) is 11.0 Å². The summed E-state index contributed by atoms with van der Waals surface area (Å²) >= 11 is 2.53. The number of hydrogen-bond donors (Lipinski definition) is 0. The first-order valence-corrected chi connectivity index (χ1v) is 12.9. The molecule has 1 atom stereocenters. The van der Waals surface area contributed by atoms with Crippen LogP contribution in [0, 0.1) is 12.3 Å². The van der Waals surface area contributed by atoms with Crippen molar-refractivity contribution in [1.29, 1.82) is 0 Å². The molecule has 0 aliphatic rings. The first-order valence-electron chi connectivity index (χ1n) is 11.7. The van der Waals surface area contributed by atoms with Crippen LogP contribution in [0.25, 0.3) is 0 Å². The lowest BCUT2D eigenvalue weighted by molar-refractivity contribution is -0.940. The van der Waals surface area contributed by atoms with Crippen molar-refractivity contribution in [2.45, 2.75) is 101 Å². The average molecular weight is 532 g/mol. The van der Waals surface area contributed by atoms with Gasteiger partial charge in [-0.05, 0) is 31.6 Å². The molecule has 0 fully saturated rings. The predicted molar refractivity (Wildman–Crippen MR) is 134 cm³/mol. The number of quaternary nitrogens is 1. The van der Waals surface area contributed by atoms with E-state index in [1.54, 1.807) is 0 Å². The lowest BCUT2D eigenvalue weighted by Gasteiger charge is -2.41. The summed E-state index contributed by atoms with van der Waals surface area (Å²) in [5.41, 5.74) is 1.43. The second kappa shape index (κ2) is 18.5. The van der Waals surface area contributed by atoms with Crippen molar-refractivity contribution in [2.24, 2.45) is 0 Å². The van der Waals surface area contributed by atoms with Gasteiger partial charge >= 0.3 is 0 Å². The molecule has 0 amide bonds. The number of unbranched alkanes of at least 4 members (excludes halogenated alkanes) is 10. The molecule has 0 saturated heterocycles. The molecule has 166 valence electrons. The van der Waals surface area contributed by atoms with Crippen molar-refractivity contribution < 1.29 is 16.9 Å². The van der Waals surface area contributed by atoms with Crippen molar-refractivity contribution >= 4 is 22.6 Å². The SMILES string of the molecule is C#CC(I)[N+](CCCCCCCC)(CCCCCCCC)Cc1ccccc1.[Cl-]. The highest BCUT2D eigenvalue weighted by Gasteiger charge is 2.33. The molecule has 0 aliphatic heterocycles. The van der Waals surface area contributed by atoms with Crippen molar-refractivity contribution in [3.05, 3.63) is 35.9 Å². The summed E-state index contributed by atoms with van der Waals surface area (Å²) in [7, 11) is 0.